The summed E-state index contributed by atoms with van der Waals surface area (Å²) in [5.41, 5.74) is 2.36. The van der Waals surface area contributed by atoms with Gasteiger partial charge in [0.2, 0.25) is 0 Å². The predicted molar refractivity (Wildman–Crippen MR) is 112 cm³/mol. The van der Waals surface area contributed by atoms with Gasteiger partial charge in [-0.15, -0.1) is 11.3 Å². The lowest BCUT2D eigenvalue weighted by Crippen LogP contribution is -2.41. The van der Waals surface area contributed by atoms with E-state index in [0.717, 1.165) is 48.9 Å². The van der Waals surface area contributed by atoms with Gasteiger partial charge in [0.25, 0.3) is 11.5 Å². The van der Waals surface area contributed by atoms with Gasteiger partial charge in [-0.2, -0.15) is 0 Å². The SMILES string of the molecule is O=C1N[C@]2(CCc3ccccc32)C(=O)N1Cc1cc(=O)n2c3c(sc2n1)CCCC3. The second-order valence-corrected chi connectivity index (χ2v) is 9.33. The lowest BCUT2D eigenvalue weighted by Gasteiger charge is -2.22. The van der Waals surface area contributed by atoms with Crippen molar-refractivity contribution in [1.29, 1.82) is 0 Å². The molecule has 0 radical (unpaired) electrons. The van der Waals surface area contributed by atoms with Crippen LogP contribution in [0, 0.1) is 0 Å². The monoisotopic (exact) mass is 420 g/mol. The Hall–Kier alpha value is -3.00. The van der Waals surface area contributed by atoms with E-state index >= 15 is 0 Å². The highest BCUT2D eigenvalue weighted by Gasteiger charge is 2.55. The molecule has 7 nitrogen and oxygen atoms in total. The van der Waals surface area contributed by atoms with E-state index < -0.39 is 11.6 Å². The number of imide groups is 1. The maximum atomic E-state index is 13.3. The van der Waals surface area contributed by atoms with Gasteiger partial charge in [0.15, 0.2) is 4.96 Å². The van der Waals surface area contributed by atoms with Crippen molar-refractivity contribution in [2.24, 2.45) is 0 Å². The summed E-state index contributed by atoms with van der Waals surface area (Å²) in [5, 5.41) is 2.93. The van der Waals surface area contributed by atoms with E-state index in [1.54, 1.807) is 15.7 Å². The molecule has 0 bridgehead atoms. The number of aromatic nitrogens is 2. The minimum Gasteiger partial charge on any atom is -0.319 e. The van der Waals surface area contributed by atoms with Gasteiger partial charge < -0.3 is 5.32 Å². The number of rotatable bonds is 2. The highest BCUT2D eigenvalue weighted by molar-refractivity contribution is 7.17. The molecule has 3 aliphatic rings. The Morgan fingerprint density at radius 3 is 2.83 bits per heavy atom. The fraction of sp³-hybridized carbons (Fsp3) is 0.364. The zero-order valence-corrected chi connectivity index (χ0v) is 17.1. The third-order valence-electron chi connectivity index (χ3n) is 6.56. The Bertz CT molecular complexity index is 1290. The average molecular weight is 420 g/mol. The van der Waals surface area contributed by atoms with Crippen molar-refractivity contribution in [3.63, 3.8) is 0 Å². The fourth-order valence-corrected chi connectivity index (χ4v) is 6.35. The first-order chi connectivity index (χ1) is 14.6. The zero-order valence-electron chi connectivity index (χ0n) is 16.3. The number of hydrogen-bond acceptors (Lipinski definition) is 5. The molecule has 0 saturated carbocycles. The number of nitrogens with zero attached hydrogens (tertiary/aromatic N) is 3. The van der Waals surface area contributed by atoms with Gasteiger partial charge in [-0.1, -0.05) is 24.3 Å². The summed E-state index contributed by atoms with van der Waals surface area (Å²) in [6.45, 7) is 0.00287. The zero-order chi connectivity index (χ0) is 20.5. The van der Waals surface area contributed by atoms with Crippen LogP contribution < -0.4 is 10.9 Å². The third-order valence-corrected chi connectivity index (χ3v) is 7.70. The number of urea groups is 1. The van der Waals surface area contributed by atoms with Crippen LogP contribution >= 0.6 is 11.3 Å². The molecule has 0 unspecified atom stereocenters. The molecule has 1 saturated heterocycles. The molecular weight excluding hydrogens is 400 g/mol. The number of thiazole rings is 1. The van der Waals surface area contributed by atoms with Gasteiger partial charge in [0, 0.05) is 16.6 Å². The molecule has 1 aliphatic heterocycles. The van der Waals surface area contributed by atoms with E-state index in [4.69, 9.17) is 0 Å². The molecule has 30 heavy (non-hydrogen) atoms. The lowest BCUT2D eigenvalue weighted by atomic mass is 9.92. The van der Waals surface area contributed by atoms with E-state index in [9.17, 15) is 14.4 Å². The molecule has 6 rings (SSSR count). The van der Waals surface area contributed by atoms with Crippen molar-refractivity contribution in [3.05, 3.63) is 68.1 Å². The predicted octanol–water partition coefficient (Wildman–Crippen LogP) is 2.53. The van der Waals surface area contributed by atoms with Crippen molar-refractivity contribution >= 4 is 28.2 Å². The number of carbonyl (C=O) groups is 2. The van der Waals surface area contributed by atoms with Crippen LogP contribution in [0.1, 0.15) is 46.7 Å². The molecule has 1 fully saturated rings. The second-order valence-electron chi connectivity index (χ2n) is 8.27. The summed E-state index contributed by atoms with van der Waals surface area (Å²) < 4.78 is 1.70. The molecule has 3 aromatic rings. The first-order valence-corrected chi connectivity index (χ1v) is 11.1. The lowest BCUT2D eigenvalue weighted by molar-refractivity contribution is -0.132. The first-order valence-electron chi connectivity index (χ1n) is 10.3. The Kier molecular flexibility index (Phi) is 3.71. The van der Waals surface area contributed by atoms with E-state index in [1.807, 2.05) is 24.3 Å². The average Bonchev–Trinajstić information content (AvgIpc) is 3.37. The number of nitrogens with one attached hydrogen (secondary N) is 1. The number of carbonyl (C=O) groups excluding carboxylic acids is 2. The van der Waals surface area contributed by atoms with Crippen LogP contribution in [0.3, 0.4) is 0 Å². The smallest absolute Gasteiger partial charge is 0.319 e. The Morgan fingerprint density at radius 2 is 1.93 bits per heavy atom. The van der Waals surface area contributed by atoms with E-state index in [1.165, 1.54) is 15.8 Å². The maximum absolute atomic E-state index is 13.3. The standard InChI is InChI=1S/C22H20N4O3S/c27-18-11-14(23-21-26(18)16-7-3-4-8-17(16)30-21)12-25-19(28)22(24-20(25)29)10-9-13-5-1-2-6-15(13)22/h1-2,5-6,11H,3-4,7-10,12H2,(H,24,29)/t22-/m0/s1. The molecule has 2 aliphatic carbocycles. The summed E-state index contributed by atoms with van der Waals surface area (Å²) >= 11 is 1.54. The highest BCUT2D eigenvalue weighted by Crippen LogP contribution is 2.41. The van der Waals surface area contributed by atoms with Gasteiger partial charge in [-0.05, 0) is 49.7 Å². The van der Waals surface area contributed by atoms with Crippen LogP contribution in [0.4, 0.5) is 4.79 Å². The van der Waals surface area contributed by atoms with Crippen LogP contribution in [-0.4, -0.2) is 26.2 Å². The summed E-state index contributed by atoms with van der Waals surface area (Å²) in [7, 11) is 0. The second kappa shape index (κ2) is 6.25. The van der Waals surface area contributed by atoms with Crippen molar-refractivity contribution in [3.8, 4) is 0 Å². The van der Waals surface area contributed by atoms with Gasteiger partial charge in [0.05, 0.1) is 12.2 Å². The largest absolute Gasteiger partial charge is 0.325 e. The van der Waals surface area contributed by atoms with Crippen LogP contribution in [0.2, 0.25) is 0 Å². The summed E-state index contributed by atoms with van der Waals surface area (Å²) in [6, 6.07) is 8.79. The molecule has 1 spiro atoms. The summed E-state index contributed by atoms with van der Waals surface area (Å²) in [6.07, 6.45) is 5.40. The minimum absolute atomic E-state index is 0.00287. The van der Waals surface area contributed by atoms with Crippen LogP contribution in [-0.2, 0) is 36.1 Å². The molecule has 1 aromatic carbocycles. The number of aryl methyl sites for hydroxylation is 3. The van der Waals surface area contributed by atoms with Crippen LogP contribution in [0.5, 0.6) is 0 Å². The highest BCUT2D eigenvalue weighted by atomic mass is 32.1. The Morgan fingerprint density at radius 1 is 1.10 bits per heavy atom. The quantitative estimate of drug-likeness (QED) is 0.646. The van der Waals surface area contributed by atoms with E-state index in [2.05, 4.69) is 10.3 Å². The van der Waals surface area contributed by atoms with Crippen molar-refractivity contribution in [1.82, 2.24) is 19.6 Å². The van der Waals surface area contributed by atoms with Gasteiger partial charge >= 0.3 is 6.03 Å². The van der Waals surface area contributed by atoms with Crippen molar-refractivity contribution < 1.29 is 9.59 Å². The van der Waals surface area contributed by atoms with Gasteiger partial charge in [0.1, 0.15) is 5.54 Å². The molecule has 2 aromatic heterocycles. The number of fused-ring (bicyclic) bond motifs is 5. The molecule has 3 heterocycles. The topological polar surface area (TPSA) is 83.8 Å². The summed E-state index contributed by atoms with van der Waals surface area (Å²) in [5.74, 6) is -0.259. The van der Waals surface area contributed by atoms with Crippen LogP contribution in [0.15, 0.2) is 35.1 Å². The minimum atomic E-state index is -0.991. The Balaban J connectivity index is 1.36. The normalized spacial score (nSPS) is 22.6. The maximum Gasteiger partial charge on any atom is 0.325 e. The van der Waals surface area contributed by atoms with Gasteiger partial charge in [-0.3, -0.25) is 18.9 Å². The fourth-order valence-electron chi connectivity index (χ4n) is 5.12. The first kappa shape index (κ1) is 17.8. The molecule has 1 N–H and O–H groups in total. The summed E-state index contributed by atoms with van der Waals surface area (Å²) in [4.78, 5) is 46.6. The molecule has 152 valence electrons. The van der Waals surface area contributed by atoms with Gasteiger partial charge in [-0.25, -0.2) is 9.78 Å². The number of amides is 3. The van der Waals surface area contributed by atoms with Crippen molar-refractivity contribution in [2.75, 3.05) is 0 Å². The van der Waals surface area contributed by atoms with E-state index in [-0.39, 0.29) is 18.0 Å². The molecule has 3 amide bonds. The molecule has 8 heteroatoms. The van der Waals surface area contributed by atoms with Crippen molar-refractivity contribution in [2.45, 2.75) is 50.6 Å². The number of hydrogen-bond donors (Lipinski definition) is 1. The number of benzene rings is 1. The van der Waals surface area contributed by atoms with Crippen LogP contribution in [0.25, 0.3) is 4.96 Å². The third kappa shape index (κ3) is 2.37. The Labute approximate surface area is 176 Å². The molecule has 1 atom stereocenters. The van der Waals surface area contributed by atoms with E-state index in [0.29, 0.717) is 17.1 Å². The molecular formula is C22H20N4O3S.